The summed E-state index contributed by atoms with van der Waals surface area (Å²) in [7, 11) is 0. The van der Waals surface area contributed by atoms with E-state index in [1.165, 1.54) is 22.3 Å². The number of hydrogen-bond acceptors (Lipinski definition) is 5. The fourth-order valence-electron chi connectivity index (χ4n) is 7.04. The highest BCUT2D eigenvalue weighted by molar-refractivity contribution is 5.87. The van der Waals surface area contributed by atoms with Gasteiger partial charge < -0.3 is 0 Å². The van der Waals surface area contributed by atoms with Crippen molar-refractivity contribution in [2.45, 2.75) is 38.5 Å². The lowest BCUT2D eigenvalue weighted by Crippen LogP contribution is -2.33. The molecular formula is C39H33N5. The van der Waals surface area contributed by atoms with E-state index in [1.807, 2.05) is 18.2 Å². The molecule has 0 atom stereocenters. The van der Waals surface area contributed by atoms with E-state index >= 15 is 0 Å². The first-order valence-electron chi connectivity index (χ1n) is 15.2. The second-order valence-electron chi connectivity index (χ2n) is 12.6. The summed E-state index contributed by atoms with van der Waals surface area (Å²) < 4.78 is 0. The second-order valence-corrected chi connectivity index (χ2v) is 12.6. The zero-order chi connectivity index (χ0) is 30.1. The van der Waals surface area contributed by atoms with Crippen molar-refractivity contribution in [1.82, 2.24) is 15.0 Å². The molecule has 8 rings (SSSR count). The van der Waals surface area contributed by atoms with E-state index < -0.39 is 0 Å². The Bertz CT molecular complexity index is 1820. The molecule has 2 aliphatic heterocycles. The van der Waals surface area contributed by atoms with Crippen LogP contribution in [0.3, 0.4) is 0 Å². The zero-order valence-corrected chi connectivity index (χ0v) is 25.4. The molecule has 5 heteroatoms. The number of fused-ring (bicyclic) bond motifs is 4. The molecule has 6 aromatic rings. The smallest absolute Gasteiger partial charge is 0.240 e. The molecule has 0 bridgehead atoms. The SMILES string of the molecule is CC1(C)c2ccccc2N(c2nc(-c3ccccc3)nc(N3c4ccccc4C(C)(C)c4ccccc43)n2)c2ccccc21. The molecule has 0 amide bonds. The third kappa shape index (κ3) is 3.82. The highest BCUT2D eigenvalue weighted by Gasteiger charge is 2.40. The number of hydrogen-bond donors (Lipinski definition) is 0. The first kappa shape index (κ1) is 26.3. The van der Waals surface area contributed by atoms with E-state index in [1.54, 1.807) is 0 Å². The molecular weight excluding hydrogens is 538 g/mol. The van der Waals surface area contributed by atoms with Crippen LogP contribution in [0, 0.1) is 0 Å². The Labute approximate surface area is 258 Å². The summed E-state index contributed by atoms with van der Waals surface area (Å²) in [5.41, 5.74) is 9.82. The zero-order valence-electron chi connectivity index (χ0n) is 25.4. The fourth-order valence-corrected chi connectivity index (χ4v) is 7.04. The van der Waals surface area contributed by atoms with Gasteiger partial charge in [0.15, 0.2) is 5.82 Å². The van der Waals surface area contributed by atoms with Crippen molar-refractivity contribution in [2.75, 3.05) is 9.80 Å². The maximum absolute atomic E-state index is 5.33. The molecule has 0 fully saturated rings. The van der Waals surface area contributed by atoms with Gasteiger partial charge in [0, 0.05) is 16.4 Å². The molecule has 0 saturated heterocycles. The van der Waals surface area contributed by atoms with Crippen molar-refractivity contribution >= 4 is 34.6 Å². The van der Waals surface area contributed by atoms with Gasteiger partial charge in [-0.1, -0.05) is 131 Å². The number of anilines is 6. The maximum Gasteiger partial charge on any atom is 0.240 e. The molecule has 5 aromatic carbocycles. The normalized spacial score (nSPS) is 15.5. The summed E-state index contributed by atoms with van der Waals surface area (Å²) in [6.45, 7) is 9.17. The molecule has 214 valence electrons. The molecule has 1 aromatic heterocycles. The minimum atomic E-state index is -0.182. The standard InChI is InChI=1S/C39H33N5/c1-38(2)27-18-8-12-22-31(27)43(32-23-13-9-19-28(32)38)36-40-35(26-16-6-5-7-17-26)41-37(42-36)44-33-24-14-10-20-29(33)39(3,4)30-21-11-15-25-34(30)44/h5-25H,1-4H3. The highest BCUT2D eigenvalue weighted by atomic mass is 15.4. The van der Waals surface area contributed by atoms with Crippen LogP contribution in [0.4, 0.5) is 34.6 Å². The summed E-state index contributed by atoms with van der Waals surface area (Å²) in [6.07, 6.45) is 0. The predicted octanol–water partition coefficient (Wildman–Crippen LogP) is 9.76. The van der Waals surface area contributed by atoms with E-state index in [-0.39, 0.29) is 10.8 Å². The topological polar surface area (TPSA) is 45.2 Å². The Morgan fingerprint density at radius 2 is 0.705 bits per heavy atom. The van der Waals surface area contributed by atoms with Crippen molar-refractivity contribution in [1.29, 1.82) is 0 Å². The van der Waals surface area contributed by atoms with Gasteiger partial charge in [-0.3, -0.25) is 9.80 Å². The van der Waals surface area contributed by atoms with Crippen LogP contribution in [0.5, 0.6) is 0 Å². The monoisotopic (exact) mass is 571 g/mol. The van der Waals surface area contributed by atoms with Gasteiger partial charge in [0.1, 0.15) is 0 Å². The molecule has 0 N–H and O–H groups in total. The van der Waals surface area contributed by atoms with Crippen molar-refractivity contribution in [3.8, 4) is 11.4 Å². The molecule has 0 radical (unpaired) electrons. The highest BCUT2D eigenvalue weighted by Crippen LogP contribution is 2.53. The summed E-state index contributed by atoms with van der Waals surface area (Å²) in [5.74, 6) is 1.80. The fraction of sp³-hybridized carbons (Fsp3) is 0.154. The van der Waals surface area contributed by atoms with Crippen LogP contribution in [0.25, 0.3) is 11.4 Å². The largest absolute Gasteiger partial charge is 0.278 e. The molecule has 44 heavy (non-hydrogen) atoms. The van der Waals surface area contributed by atoms with Crippen LogP contribution >= 0.6 is 0 Å². The summed E-state index contributed by atoms with van der Waals surface area (Å²) >= 11 is 0. The molecule has 0 unspecified atom stereocenters. The molecule has 0 aliphatic carbocycles. The van der Waals surface area contributed by atoms with Crippen LogP contribution in [-0.2, 0) is 10.8 Å². The molecule has 2 aliphatic rings. The quantitative estimate of drug-likeness (QED) is 0.212. The van der Waals surface area contributed by atoms with Crippen LogP contribution in [-0.4, -0.2) is 15.0 Å². The third-order valence-corrected chi connectivity index (χ3v) is 9.32. The van der Waals surface area contributed by atoms with E-state index in [2.05, 4.69) is 147 Å². The average Bonchev–Trinajstić information content (AvgIpc) is 3.06. The predicted molar refractivity (Wildman–Crippen MR) is 179 cm³/mol. The van der Waals surface area contributed by atoms with Gasteiger partial charge in [-0.05, 0) is 46.5 Å². The van der Waals surface area contributed by atoms with Crippen molar-refractivity contribution < 1.29 is 0 Å². The van der Waals surface area contributed by atoms with Crippen LogP contribution in [0.15, 0.2) is 127 Å². The number of nitrogens with zero attached hydrogens (tertiary/aromatic N) is 5. The van der Waals surface area contributed by atoms with Crippen molar-refractivity contribution in [3.63, 3.8) is 0 Å². The van der Waals surface area contributed by atoms with Crippen LogP contribution < -0.4 is 9.80 Å². The Morgan fingerprint density at radius 3 is 1.07 bits per heavy atom. The van der Waals surface area contributed by atoms with Gasteiger partial charge in [-0.2, -0.15) is 15.0 Å². The number of rotatable bonds is 3. The Kier molecular flexibility index (Phi) is 5.76. The first-order chi connectivity index (χ1) is 21.4. The average molecular weight is 572 g/mol. The van der Waals surface area contributed by atoms with Gasteiger partial charge >= 0.3 is 0 Å². The lowest BCUT2D eigenvalue weighted by molar-refractivity contribution is 0.629. The van der Waals surface area contributed by atoms with Gasteiger partial charge in [0.05, 0.1) is 22.7 Å². The molecule has 0 spiro atoms. The van der Waals surface area contributed by atoms with Crippen molar-refractivity contribution in [3.05, 3.63) is 150 Å². The lowest BCUT2D eigenvalue weighted by Gasteiger charge is -2.42. The minimum absolute atomic E-state index is 0.182. The van der Waals surface area contributed by atoms with E-state index in [0.717, 1.165) is 28.3 Å². The molecule has 0 saturated carbocycles. The minimum Gasteiger partial charge on any atom is -0.278 e. The van der Waals surface area contributed by atoms with Gasteiger partial charge in [0.2, 0.25) is 11.9 Å². The van der Waals surface area contributed by atoms with Gasteiger partial charge in [-0.25, -0.2) is 0 Å². The Hall–Kier alpha value is -5.29. The van der Waals surface area contributed by atoms with Crippen LogP contribution in [0.2, 0.25) is 0 Å². The second kappa shape index (κ2) is 9.61. The van der Waals surface area contributed by atoms with E-state index in [9.17, 15) is 0 Å². The summed E-state index contributed by atoms with van der Waals surface area (Å²) in [4.78, 5) is 20.1. The molecule has 5 nitrogen and oxygen atoms in total. The first-order valence-corrected chi connectivity index (χ1v) is 15.2. The number of para-hydroxylation sites is 4. The molecule has 3 heterocycles. The van der Waals surface area contributed by atoms with Crippen molar-refractivity contribution in [2.24, 2.45) is 0 Å². The van der Waals surface area contributed by atoms with E-state index in [0.29, 0.717) is 17.7 Å². The van der Waals surface area contributed by atoms with Crippen LogP contribution in [0.1, 0.15) is 49.9 Å². The summed E-state index contributed by atoms with van der Waals surface area (Å²) in [6, 6.07) is 44.6. The maximum atomic E-state index is 5.33. The van der Waals surface area contributed by atoms with Gasteiger partial charge in [-0.15, -0.1) is 0 Å². The van der Waals surface area contributed by atoms with Gasteiger partial charge in [0.25, 0.3) is 0 Å². The lowest BCUT2D eigenvalue weighted by atomic mass is 9.74. The third-order valence-electron chi connectivity index (χ3n) is 9.32. The number of benzene rings is 5. The number of aromatic nitrogens is 3. The van der Waals surface area contributed by atoms with E-state index in [4.69, 9.17) is 15.0 Å². The Balaban J connectivity index is 1.43. The summed E-state index contributed by atoms with van der Waals surface area (Å²) in [5, 5.41) is 0. The Morgan fingerprint density at radius 1 is 0.386 bits per heavy atom.